The van der Waals surface area contributed by atoms with Gasteiger partial charge < -0.3 is 24.2 Å². The second-order valence-electron chi connectivity index (χ2n) is 7.56. The molecule has 0 saturated heterocycles. The van der Waals surface area contributed by atoms with E-state index >= 15 is 0 Å². The number of hydrogen-bond acceptors (Lipinski definition) is 6. The largest absolute Gasteiger partial charge is 0.493 e. The van der Waals surface area contributed by atoms with Crippen LogP contribution in [0.2, 0.25) is 0 Å². The number of carbonyl (C=O) groups excluding carboxylic acids is 1. The quantitative estimate of drug-likeness (QED) is 0.562. The zero-order valence-corrected chi connectivity index (χ0v) is 18.6. The SMILES string of the molecule is COc1cc(C(=O)NC[C@H](c2ccccc2)N(C)C)ccc1OCc1c(C)noc1C. The van der Waals surface area contributed by atoms with Crippen molar-refractivity contribution in [2.24, 2.45) is 0 Å². The van der Waals surface area contributed by atoms with Crippen LogP contribution in [0.15, 0.2) is 53.1 Å². The molecule has 0 radical (unpaired) electrons. The predicted octanol–water partition coefficient (Wildman–Crippen LogP) is 3.91. The third-order valence-corrected chi connectivity index (χ3v) is 5.24. The number of nitrogens with one attached hydrogen (secondary N) is 1. The molecule has 7 heteroatoms. The molecular weight excluding hydrogens is 394 g/mol. The minimum absolute atomic E-state index is 0.0738. The smallest absolute Gasteiger partial charge is 0.251 e. The van der Waals surface area contributed by atoms with E-state index in [1.54, 1.807) is 25.3 Å². The Morgan fingerprint density at radius 2 is 1.87 bits per heavy atom. The Morgan fingerprint density at radius 3 is 2.48 bits per heavy atom. The summed E-state index contributed by atoms with van der Waals surface area (Å²) in [5.74, 6) is 1.60. The molecule has 7 nitrogen and oxygen atoms in total. The Labute approximate surface area is 182 Å². The highest BCUT2D eigenvalue weighted by molar-refractivity contribution is 5.94. The molecule has 0 aliphatic rings. The van der Waals surface area contributed by atoms with Gasteiger partial charge in [-0.1, -0.05) is 35.5 Å². The lowest BCUT2D eigenvalue weighted by Gasteiger charge is -2.25. The summed E-state index contributed by atoms with van der Waals surface area (Å²) in [5.41, 5.74) is 3.35. The number of amides is 1. The lowest BCUT2D eigenvalue weighted by atomic mass is 10.1. The van der Waals surface area contributed by atoms with Gasteiger partial charge in [0.2, 0.25) is 0 Å². The van der Waals surface area contributed by atoms with Crippen LogP contribution in [-0.4, -0.2) is 43.7 Å². The van der Waals surface area contributed by atoms with E-state index in [1.165, 1.54) is 0 Å². The molecule has 3 aromatic rings. The Bertz CT molecular complexity index is 995. The van der Waals surface area contributed by atoms with E-state index in [0.717, 1.165) is 22.6 Å². The van der Waals surface area contributed by atoms with Crippen LogP contribution in [0.25, 0.3) is 0 Å². The fourth-order valence-corrected chi connectivity index (χ4v) is 3.35. The second kappa shape index (κ2) is 10.1. The maximum absolute atomic E-state index is 12.8. The summed E-state index contributed by atoms with van der Waals surface area (Å²) >= 11 is 0. The van der Waals surface area contributed by atoms with Gasteiger partial charge in [0.1, 0.15) is 12.4 Å². The van der Waals surface area contributed by atoms with E-state index < -0.39 is 0 Å². The van der Waals surface area contributed by atoms with Crippen molar-refractivity contribution in [3.63, 3.8) is 0 Å². The van der Waals surface area contributed by atoms with Crippen molar-refractivity contribution in [1.82, 2.24) is 15.4 Å². The third-order valence-electron chi connectivity index (χ3n) is 5.24. The Hall–Kier alpha value is -3.32. The van der Waals surface area contributed by atoms with Gasteiger partial charge in [0.15, 0.2) is 11.5 Å². The van der Waals surface area contributed by atoms with Gasteiger partial charge in [0.25, 0.3) is 5.91 Å². The summed E-state index contributed by atoms with van der Waals surface area (Å²) in [6.45, 7) is 4.52. The van der Waals surface area contributed by atoms with Crippen molar-refractivity contribution in [2.75, 3.05) is 27.7 Å². The molecular formula is C24H29N3O4. The number of likely N-dealkylation sites (N-methyl/N-ethyl adjacent to an activating group) is 1. The number of hydrogen-bond donors (Lipinski definition) is 1. The van der Waals surface area contributed by atoms with Gasteiger partial charge in [0, 0.05) is 12.1 Å². The number of benzene rings is 2. The molecule has 1 amide bonds. The van der Waals surface area contributed by atoms with Crippen LogP contribution in [-0.2, 0) is 6.61 Å². The molecule has 2 aromatic carbocycles. The van der Waals surface area contributed by atoms with Crippen molar-refractivity contribution in [3.05, 3.63) is 76.7 Å². The van der Waals surface area contributed by atoms with Crippen LogP contribution < -0.4 is 14.8 Å². The van der Waals surface area contributed by atoms with Crippen molar-refractivity contribution < 1.29 is 18.8 Å². The van der Waals surface area contributed by atoms with Gasteiger partial charge in [-0.3, -0.25) is 4.79 Å². The molecule has 1 heterocycles. The van der Waals surface area contributed by atoms with E-state index in [4.69, 9.17) is 14.0 Å². The van der Waals surface area contributed by atoms with Crippen LogP contribution in [0.4, 0.5) is 0 Å². The molecule has 0 saturated carbocycles. The molecule has 0 unspecified atom stereocenters. The first kappa shape index (κ1) is 22.4. The molecule has 1 N–H and O–H groups in total. The fraction of sp³-hybridized carbons (Fsp3) is 0.333. The minimum atomic E-state index is -0.168. The maximum atomic E-state index is 12.8. The van der Waals surface area contributed by atoms with Crippen LogP contribution in [0.3, 0.4) is 0 Å². The summed E-state index contributed by atoms with van der Waals surface area (Å²) < 4.78 is 16.5. The van der Waals surface area contributed by atoms with E-state index in [-0.39, 0.29) is 11.9 Å². The van der Waals surface area contributed by atoms with E-state index in [2.05, 4.69) is 27.5 Å². The highest BCUT2D eigenvalue weighted by atomic mass is 16.5. The first-order valence-electron chi connectivity index (χ1n) is 10.1. The predicted molar refractivity (Wildman–Crippen MR) is 119 cm³/mol. The van der Waals surface area contributed by atoms with Gasteiger partial charge in [-0.05, 0) is 51.7 Å². The highest BCUT2D eigenvalue weighted by Gasteiger charge is 2.17. The number of methoxy groups -OCH3 is 1. The number of ether oxygens (including phenoxy) is 2. The topological polar surface area (TPSA) is 76.8 Å². The van der Waals surface area contributed by atoms with E-state index in [9.17, 15) is 4.79 Å². The second-order valence-corrected chi connectivity index (χ2v) is 7.56. The van der Waals surface area contributed by atoms with Crippen molar-refractivity contribution in [1.29, 1.82) is 0 Å². The molecule has 0 fully saturated rings. The zero-order chi connectivity index (χ0) is 22.4. The van der Waals surface area contributed by atoms with Gasteiger partial charge in [-0.2, -0.15) is 0 Å². The molecule has 1 atom stereocenters. The van der Waals surface area contributed by atoms with Crippen LogP contribution >= 0.6 is 0 Å². The molecule has 0 spiro atoms. The Balaban J connectivity index is 1.67. The molecule has 3 rings (SSSR count). The molecule has 0 bridgehead atoms. The first-order valence-corrected chi connectivity index (χ1v) is 10.1. The van der Waals surface area contributed by atoms with Crippen molar-refractivity contribution in [2.45, 2.75) is 26.5 Å². The number of aromatic nitrogens is 1. The van der Waals surface area contributed by atoms with Crippen molar-refractivity contribution in [3.8, 4) is 11.5 Å². The minimum Gasteiger partial charge on any atom is -0.493 e. The maximum Gasteiger partial charge on any atom is 0.251 e. The summed E-state index contributed by atoms with van der Waals surface area (Å²) in [6.07, 6.45) is 0. The summed E-state index contributed by atoms with van der Waals surface area (Å²) in [4.78, 5) is 14.9. The number of rotatable bonds is 9. The number of carbonyl (C=O) groups is 1. The molecule has 1 aromatic heterocycles. The summed E-state index contributed by atoms with van der Waals surface area (Å²) in [6, 6.07) is 15.3. The normalized spacial score (nSPS) is 11.9. The molecule has 0 aliphatic heterocycles. The lowest BCUT2D eigenvalue weighted by molar-refractivity contribution is 0.0941. The average Bonchev–Trinajstić information content (AvgIpc) is 3.09. The van der Waals surface area contributed by atoms with Crippen LogP contribution in [0.1, 0.15) is 39.0 Å². The summed E-state index contributed by atoms with van der Waals surface area (Å²) in [7, 11) is 5.55. The lowest BCUT2D eigenvalue weighted by Crippen LogP contribution is -2.34. The first-order chi connectivity index (χ1) is 14.9. The molecule has 164 valence electrons. The third kappa shape index (κ3) is 5.44. The average molecular weight is 424 g/mol. The van der Waals surface area contributed by atoms with Crippen molar-refractivity contribution >= 4 is 5.91 Å². The number of nitrogens with zero attached hydrogens (tertiary/aromatic N) is 2. The van der Waals surface area contributed by atoms with Gasteiger partial charge in [-0.25, -0.2) is 0 Å². The van der Waals surface area contributed by atoms with Gasteiger partial charge >= 0.3 is 0 Å². The molecule has 0 aliphatic carbocycles. The summed E-state index contributed by atoms with van der Waals surface area (Å²) in [5, 5.41) is 6.96. The van der Waals surface area contributed by atoms with Crippen LogP contribution in [0.5, 0.6) is 11.5 Å². The Kier molecular flexibility index (Phi) is 7.31. The number of aryl methyl sites for hydroxylation is 2. The Morgan fingerprint density at radius 1 is 1.13 bits per heavy atom. The standard InChI is InChI=1S/C24H29N3O4/c1-16-20(17(2)31-26-16)15-30-22-12-11-19(13-23(22)29-5)24(28)25-14-21(27(3)4)18-9-7-6-8-10-18/h6-13,21H,14-15H2,1-5H3,(H,25,28)/t21-/m1/s1. The van der Waals surface area contributed by atoms with E-state index in [1.807, 2.05) is 46.1 Å². The fourth-order valence-electron chi connectivity index (χ4n) is 3.35. The molecule has 31 heavy (non-hydrogen) atoms. The van der Waals surface area contributed by atoms with Gasteiger partial charge in [-0.15, -0.1) is 0 Å². The zero-order valence-electron chi connectivity index (χ0n) is 18.6. The van der Waals surface area contributed by atoms with Gasteiger partial charge in [0.05, 0.1) is 24.4 Å². The highest BCUT2D eigenvalue weighted by Crippen LogP contribution is 2.29. The monoisotopic (exact) mass is 423 g/mol. The van der Waals surface area contributed by atoms with Crippen LogP contribution in [0, 0.1) is 13.8 Å². The van der Waals surface area contributed by atoms with E-state index in [0.29, 0.717) is 30.2 Å².